The summed E-state index contributed by atoms with van der Waals surface area (Å²) in [6, 6.07) is 17.7. The molecule has 2 aromatic carbocycles. The molecule has 1 aliphatic rings. The lowest BCUT2D eigenvalue weighted by molar-refractivity contribution is -0.121. The standard InChI is InChI=1S/C22H15BrN2O4S/c1-25-20(26)19(30-22(25)24-16-4-2-3-14(11-16)21(27)28)12-17-9-10-18(29-17)13-5-7-15(23)8-6-13/h2-12H,1H3,(H,27,28)/b19-12+,24-22?. The van der Waals surface area contributed by atoms with E-state index in [0.29, 0.717) is 27.3 Å². The smallest absolute Gasteiger partial charge is 0.335 e. The number of nitrogens with zero attached hydrogens (tertiary/aromatic N) is 2. The van der Waals surface area contributed by atoms with Crippen LogP contribution in [0.2, 0.25) is 0 Å². The van der Waals surface area contributed by atoms with Gasteiger partial charge >= 0.3 is 5.97 Å². The van der Waals surface area contributed by atoms with Crippen molar-refractivity contribution in [2.24, 2.45) is 4.99 Å². The predicted molar refractivity (Wildman–Crippen MR) is 121 cm³/mol. The molecule has 0 saturated carbocycles. The third kappa shape index (κ3) is 4.24. The van der Waals surface area contributed by atoms with Crippen molar-refractivity contribution in [2.75, 3.05) is 7.05 Å². The molecule has 2 heterocycles. The summed E-state index contributed by atoms with van der Waals surface area (Å²) in [6.07, 6.45) is 1.68. The summed E-state index contributed by atoms with van der Waals surface area (Å²) in [7, 11) is 1.63. The molecule has 1 N–H and O–H groups in total. The molecule has 1 aromatic heterocycles. The first-order valence-electron chi connectivity index (χ1n) is 8.86. The van der Waals surface area contributed by atoms with Gasteiger partial charge in [0, 0.05) is 23.2 Å². The second kappa shape index (κ2) is 8.33. The summed E-state index contributed by atoms with van der Waals surface area (Å²) in [6.45, 7) is 0. The molecule has 0 unspecified atom stereocenters. The van der Waals surface area contributed by atoms with Gasteiger partial charge in [-0.25, -0.2) is 9.79 Å². The fourth-order valence-corrected chi connectivity index (χ4v) is 4.03. The zero-order chi connectivity index (χ0) is 21.3. The van der Waals surface area contributed by atoms with E-state index in [1.165, 1.54) is 28.8 Å². The summed E-state index contributed by atoms with van der Waals surface area (Å²) >= 11 is 4.62. The van der Waals surface area contributed by atoms with Gasteiger partial charge in [0.1, 0.15) is 11.5 Å². The quantitative estimate of drug-likeness (QED) is 0.486. The molecule has 8 heteroatoms. The van der Waals surface area contributed by atoms with Crippen LogP contribution in [0.4, 0.5) is 5.69 Å². The van der Waals surface area contributed by atoms with Gasteiger partial charge in [-0.2, -0.15) is 0 Å². The van der Waals surface area contributed by atoms with E-state index in [2.05, 4.69) is 20.9 Å². The third-order valence-electron chi connectivity index (χ3n) is 4.35. The van der Waals surface area contributed by atoms with Gasteiger partial charge in [-0.1, -0.05) is 34.1 Å². The van der Waals surface area contributed by atoms with Crippen LogP contribution in [-0.4, -0.2) is 34.1 Å². The lowest BCUT2D eigenvalue weighted by Gasteiger charge is -2.07. The van der Waals surface area contributed by atoms with Gasteiger partial charge in [-0.3, -0.25) is 9.69 Å². The average Bonchev–Trinajstić information content (AvgIpc) is 3.30. The van der Waals surface area contributed by atoms with Crippen molar-refractivity contribution < 1.29 is 19.1 Å². The molecular formula is C22H15BrN2O4S. The lowest BCUT2D eigenvalue weighted by atomic mass is 10.2. The third-order valence-corrected chi connectivity index (χ3v) is 5.94. The van der Waals surface area contributed by atoms with E-state index < -0.39 is 5.97 Å². The van der Waals surface area contributed by atoms with Gasteiger partial charge in [0.05, 0.1) is 16.2 Å². The summed E-state index contributed by atoms with van der Waals surface area (Å²) in [5, 5.41) is 9.59. The van der Waals surface area contributed by atoms with Gasteiger partial charge < -0.3 is 9.52 Å². The van der Waals surface area contributed by atoms with Crippen LogP contribution < -0.4 is 0 Å². The predicted octanol–water partition coefficient (Wildman–Crippen LogP) is 5.64. The number of halogens is 1. The Balaban J connectivity index is 1.58. The molecule has 0 bridgehead atoms. The second-order valence-corrected chi connectivity index (χ2v) is 8.36. The molecule has 0 aliphatic carbocycles. The van der Waals surface area contributed by atoms with Crippen molar-refractivity contribution in [3.05, 3.63) is 81.4 Å². The number of aliphatic imine (C=N–C) groups is 1. The van der Waals surface area contributed by atoms with Crippen molar-refractivity contribution in [2.45, 2.75) is 0 Å². The molecule has 3 aromatic rings. The largest absolute Gasteiger partial charge is 0.478 e. The normalized spacial score (nSPS) is 16.6. The number of carboxylic acid groups (broad SMARTS) is 1. The van der Waals surface area contributed by atoms with E-state index in [1.807, 2.05) is 36.4 Å². The Morgan fingerprint density at radius 3 is 2.67 bits per heavy atom. The fraction of sp³-hybridized carbons (Fsp3) is 0.0455. The average molecular weight is 483 g/mol. The molecule has 1 amide bonds. The van der Waals surface area contributed by atoms with Crippen LogP contribution in [0.5, 0.6) is 0 Å². The molecule has 0 atom stereocenters. The lowest BCUT2D eigenvalue weighted by Crippen LogP contribution is -2.23. The Kier molecular flexibility index (Phi) is 5.61. The molecule has 1 saturated heterocycles. The molecule has 6 nitrogen and oxygen atoms in total. The summed E-state index contributed by atoms with van der Waals surface area (Å²) < 4.78 is 6.85. The number of thioether (sulfide) groups is 1. The van der Waals surface area contributed by atoms with E-state index in [0.717, 1.165) is 10.0 Å². The number of hydrogen-bond donors (Lipinski definition) is 1. The number of carbonyl (C=O) groups excluding carboxylic acids is 1. The zero-order valence-corrected chi connectivity index (χ0v) is 18.1. The Hall–Kier alpha value is -3.10. The van der Waals surface area contributed by atoms with Crippen molar-refractivity contribution in [3.8, 4) is 11.3 Å². The minimum Gasteiger partial charge on any atom is -0.478 e. The van der Waals surface area contributed by atoms with E-state index in [1.54, 1.807) is 25.3 Å². The van der Waals surface area contributed by atoms with E-state index in [9.17, 15) is 9.59 Å². The highest BCUT2D eigenvalue weighted by Gasteiger charge is 2.30. The maximum absolute atomic E-state index is 12.6. The van der Waals surface area contributed by atoms with Crippen molar-refractivity contribution in [1.29, 1.82) is 0 Å². The second-order valence-electron chi connectivity index (χ2n) is 6.43. The van der Waals surface area contributed by atoms with Crippen LogP contribution in [0, 0.1) is 0 Å². The Morgan fingerprint density at radius 2 is 1.93 bits per heavy atom. The molecule has 1 aliphatic heterocycles. The molecular weight excluding hydrogens is 468 g/mol. The molecule has 4 rings (SSSR count). The minimum atomic E-state index is -1.03. The van der Waals surface area contributed by atoms with Crippen LogP contribution >= 0.6 is 27.7 Å². The molecule has 150 valence electrons. The van der Waals surface area contributed by atoms with Crippen LogP contribution in [-0.2, 0) is 4.79 Å². The number of carbonyl (C=O) groups is 2. The maximum atomic E-state index is 12.6. The number of amides is 1. The number of furan rings is 1. The number of benzene rings is 2. The van der Waals surface area contributed by atoms with E-state index >= 15 is 0 Å². The SMILES string of the molecule is CN1C(=O)/C(=C\c2ccc(-c3ccc(Br)cc3)o2)SC1=Nc1cccc(C(=O)O)c1. The summed E-state index contributed by atoms with van der Waals surface area (Å²) in [4.78, 5) is 30.1. The van der Waals surface area contributed by atoms with Gasteiger partial charge in [-0.05, 0) is 54.2 Å². The van der Waals surface area contributed by atoms with Crippen molar-refractivity contribution in [3.63, 3.8) is 0 Å². The van der Waals surface area contributed by atoms with Gasteiger partial charge in [0.2, 0.25) is 0 Å². The number of aromatic carboxylic acids is 1. The first-order chi connectivity index (χ1) is 14.4. The van der Waals surface area contributed by atoms with Crippen LogP contribution in [0.3, 0.4) is 0 Å². The first-order valence-corrected chi connectivity index (χ1v) is 10.5. The molecule has 30 heavy (non-hydrogen) atoms. The minimum absolute atomic E-state index is 0.139. The highest BCUT2D eigenvalue weighted by atomic mass is 79.9. The molecule has 0 spiro atoms. The number of likely N-dealkylation sites (N-methyl/N-ethyl adjacent to an activating group) is 1. The van der Waals surface area contributed by atoms with Crippen LogP contribution in [0.25, 0.3) is 17.4 Å². The zero-order valence-electron chi connectivity index (χ0n) is 15.7. The van der Waals surface area contributed by atoms with Crippen molar-refractivity contribution in [1.82, 2.24) is 4.90 Å². The van der Waals surface area contributed by atoms with Crippen LogP contribution in [0.1, 0.15) is 16.1 Å². The maximum Gasteiger partial charge on any atom is 0.335 e. The Bertz CT molecular complexity index is 1200. The van der Waals surface area contributed by atoms with E-state index in [4.69, 9.17) is 9.52 Å². The number of amidine groups is 1. The monoisotopic (exact) mass is 482 g/mol. The molecule has 1 fully saturated rings. The Morgan fingerprint density at radius 1 is 1.17 bits per heavy atom. The van der Waals surface area contributed by atoms with Gasteiger partial charge in [-0.15, -0.1) is 0 Å². The Labute approximate surface area is 185 Å². The topological polar surface area (TPSA) is 83.1 Å². The van der Waals surface area contributed by atoms with Gasteiger partial charge in [0.25, 0.3) is 5.91 Å². The number of carboxylic acids is 1. The number of rotatable bonds is 4. The summed E-state index contributed by atoms with van der Waals surface area (Å²) in [5.74, 6) is 0.0408. The van der Waals surface area contributed by atoms with Gasteiger partial charge in [0.15, 0.2) is 5.17 Å². The summed E-state index contributed by atoms with van der Waals surface area (Å²) in [5.41, 5.74) is 1.54. The first kappa shape index (κ1) is 20.2. The van der Waals surface area contributed by atoms with Crippen LogP contribution in [0.15, 0.2) is 79.5 Å². The number of hydrogen-bond acceptors (Lipinski definition) is 5. The highest BCUT2D eigenvalue weighted by Crippen LogP contribution is 2.34. The fourth-order valence-electron chi connectivity index (χ4n) is 2.80. The van der Waals surface area contributed by atoms with E-state index in [-0.39, 0.29) is 11.5 Å². The molecule has 0 radical (unpaired) electrons. The highest BCUT2D eigenvalue weighted by molar-refractivity contribution is 9.10. The van der Waals surface area contributed by atoms with Crippen molar-refractivity contribution >= 4 is 56.5 Å².